The van der Waals surface area contributed by atoms with Crippen LogP contribution in [0.3, 0.4) is 0 Å². The number of aromatic nitrogens is 1. The zero-order chi connectivity index (χ0) is 13.1. The van der Waals surface area contributed by atoms with Crippen molar-refractivity contribution >= 4 is 17.4 Å². The Labute approximate surface area is 104 Å². The van der Waals surface area contributed by atoms with E-state index in [1.54, 1.807) is 6.92 Å². The highest BCUT2D eigenvalue weighted by atomic mass is 16.6. The Morgan fingerprint density at radius 3 is 3.06 bits per heavy atom. The van der Waals surface area contributed by atoms with Crippen LogP contribution in [-0.2, 0) is 4.79 Å². The fourth-order valence-corrected chi connectivity index (χ4v) is 1.86. The fourth-order valence-electron chi connectivity index (χ4n) is 1.86. The van der Waals surface area contributed by atoms with Gasteiger partial charge in [0.2, 0.25) is 5.91 Å². The number of rotatable bonds is 4. The lowest BCUT2D eigenvalue weighted by Crippen LogP contribution is -2.31. The zero-order valence-corrected chi connectivity index (χ0v) is 9.97. The molecule has 1 unspecified atom stereocenters. The van der Waals surface area contributed by atoms with Crippen LogP contribution in [-0.4, -0.2) is 28.4 Å². The second-order valence-corrected chi connectivity index (χ2v) is 4.30. The first-order chi connectivity index (χ1) is 8.56. The van der Waals surface area contributed by atoms with Crippen molar-refractivity contribution in [2.45, 2.75) is 25.8 Å². The van der Waals surface area contributed by atoms with Crippen molar-refractivity contribution < 1.29 is 9.72 Å². The van der Waals surface area contributed by atoms with E-state index in [1.165, 1.54) is 12.3 Å². The smallest absolute Gasteiger partial charge is 0.277 e. The predicted molar refractivity (Wildman–Crippen MR) is 65.3 cm³/mol. The molecular formula is C11H14N4O3. The van der Waals surface area contributed by atoms with E-state index in [4.69, 9.17) is 0 Å². The Morgan fingerprint density at radius 2 is 2.44 bits per heavy atom. The van der Waals surface area contributed by atoms with E-state index in [0.29, 0.717) is 24.3 Å². The van der Waals surface area contributed by atoms with Gasteiger partial charge in [-0.25, -0.2) is 4.98 Å². The molecular weight excluding hydrogens is 236 g/mol. The molecule has 0 aromatic carbocycles. The van der Waals surface area contributed by atoms with Crippen molar-refractivity contribution in [1.82, 2.24) is 10.3 Å². The molecule has 1 aliphatic rings. The van der Waals surface area contributed by atoms with E-state index in [9.17, 15) is 14.9 Å². The first-order valence-electron chi connectivity index (χ1n) is 5.70. The number of carbonyl (C=O) groups excluding carboxylic acids is 1. The van der Waals surface area contributed by atoms with Crippen molar-refractivity contribution in [1.29, 1.82) is 0 Å². The second kappa shape index (κ2) is 4.99. The second-order valence-electron chi connectivity index (χ2n) is 4.30. The fraction of sp³-hybridized carbons (Fsp3) is 0.455. The molecule has 0 spiro atoms. The molecule has 0 saturated carbocycles. The molecule has 0 radical (unpaired) electrons. The molecule has 0 bridgehead atoms. The molecule has 0 aliphatic carbocycles. The highest BCUT2D eigenvalue weighted by molar-refractivity contribution is 5.78. The lowest BCUT2D eigenvalue weighted by atomic mass is 10.2. The maximum absolute atomic E-state index is 11.0. The van der Waals surface area contributed by atoms with Gasteiger partial charge in [-0.15, -0.1) is 0 Å². The first-order valence-corrected chi connectivity index (χ1v) is 5.70. The predicted octanol–water partition coefficient (Wildman–Crippen LogP) is 0.989. The summed E-state index contributed by atoms with van der Waals surface area (Å²) in [6.07, 6.45) is 2.78. The van der Waals surface area contributed by atoms with Crippen molar-refractivity contribution in [3.8, 4) is 0 Å². The van der Waals surface area contributed by atoms with E-state index in [1.807, 2.05) is 0 Å². The van der Waals surface area contributed by atoms with Gasteiger partial charge in [0.05, 0.1) is 11.0 Å². The van der Waals surface area contributed by atoms with E-state index in [0.717, 1.165) is 6.42 Å². The Kier molecular flexibility index (Phi) is 3.40. The number of aryl methyl sites for hydroxylation is 1. The highest BCUT2D eigenvalue weighted by Crippen LogP contribution is 2.20. The summed E-state index contributed by atoms with van der Waals surface area (Å²) >= 11 is 0. The molecule has 1 saturated heterocycles. The number of anilines is 1. The molecule has 7 nitrogen and oxygen atoms in total. The summed E-state index contributed by atoms with van der Waals surface area (Å²) in [5, 5.41) is 16.6. The quantitative estimate of drug-likeness (QED) is 0.613. The van der Waals surface area contributed by atoms with Gasteiger partial charge in [-0.05, 0) is 13.3 Å². The van der Waals surface area contributed by atoms with Crippen LogP contribution < -0.4 is 10.6 Å². The number of pyridine rings is 1. The Morgan fingerprint density at radius 1 is 1.67 bits per heavy atom. The zero-order valence-electron chi connectivity index (χ0n) is 9.97. The molecule has 1 aliphatic heterocycles. The molecule has 18 heavy (non-hydrogen) atoms. The number of nitrogens with zero attached hydrogens (tertiary/aromatic N) is 2. The summed E-state index contributed by atoms with van der Waals surface area (Å²) in [6, 6.07) is 1.48. The number of amides is 1. The van der Waals surface area contributed by atoms with Crippen LogP contribution in [0.1, 0.15) is 18.4 Å². The van der Waals surface area contributed by atoms with E-state index in [2.05, 4.69) is 15.6 Å². The van der Waals surface area contributed by atoms with Crippen LogP contribution in [0.15, 0.2) is 12.3 Å². The van der Waals surface area contributed by atoms with Crippen LogP contribution in [0.4, 0.5) is 11.5 Å². The summed E-state index contributed by atoms with van der Waals surface area (Å²) < 4.78 is 0. The standard InChI is InChI=1S/C11H14N4O3/c1-7-5-12-10(4-9(7)15(17)18)13-6-8-2-3-11(16)14-8/h4-5,8H,2-3,6H2,1H3,(H,12,13)(H,14,16). The van der Waals surface area contributed by atoms with Crippen LogP contribution >= 0.6 is 0 Å². The van der Waals surface area contributed by atoms with Gasteiger partial charge in [0.25, 0.3) is 5.69 Å². The molecule has 1 aromatic heterocycles. The number of hydrogen-bond donors (Lipinski definition) is 2. The third kappa shape index (κ3) is 2.73. The Balaban J connectivity index is 1.99. The minimum Gasteiger partial charge on any atom is -0.368 e. The average Bonchev–Trinajstić information content (AvgIpc) is 2.74. The number of carbonyl (C=O) groups is 1. The van der Waals surface area contributed by atoms with Gasteiger partial charge in [0.15, 0.2) is 0 Å². The largest absolute Gasteiger partial charge is 0.368 e. The number of hydrogen-bond acceptors (Lipinski definition) is 5. The van der Waals surface area contributed by atoms with Gasteiger partial charge < -0.3 is 10.6 Å². The van der Waals surface area contributed by atoms with Crippen molar-refractivity contribution in [2.24, 2.45) is 0 Å². The molecule has 1 atom stereocenters. The Bertz CT molecular complexity index is 489. The summed E-state index contributed by atoms with van der Waals surface area (Å²) in [6.45, 7) is 2.17. The van der Waals surface area contributed by atoms with Gasteiger partial charge in [0, 0.05) is 30.8 Å². The monoisotopic (exact) mass is 250 g/mol. The first kappa shape index (κ1) is 12.3. The van der Waals surface area contributed by atoms with Crippen LogP contribution in [0.25, 0.3) is 0 Å². The molecule has 1 aromatic rings. The topological polar surface area (TPSA) is 97.2 Å². The molecule has 1 fully saturated rings. The van der Waals surface area contributed by atoms with E-state index in [-0.39, 0.29) is 17.6 Å². The van der Waals surface area contributed by atoms with Gasteiger partial charge in [-0.1, -0.05) is 0 Å². The van der Waals surface area contributed by atoms with Crippen LogP contribution in [0, 0.1) is 17.0 Å². The third-order valence-corrected chi connectivity index (χ3v) is 2.89. The highest BCUT2D eigenvalue weighted by Gasteiger charge is 2.20. The summed E-state index contributed by atoms with van der Waals surface area (Å²) in [5.74, 6) is 0.498. The lowest BCUT2D eigenvalue weighted by Gasteiger charge is -2.11. The summed E-state index contributed by atoms with van der Waals surface area (Å²) in [7, 11) is 0. The number of nitrogens with one attached hydrogen (secondary N) is 2. The van der Waals surface area contributed by atoms with Crippen LogP contribution in [0.2, 0.25) is 0 Å². The Hall–Kier alpha value is -2.18. The van der Waals surface area contributed by atoms with Gasteiger partial charge in [0.1, 0.15) is 5.82 Å². The molecule has 2 heterocycles. The summed E-state index contributed by atoms with van der Waals surface area (Å²) in [5.41, 5.74) is 0.572. The van der Waals surface area contributed by atoms with E-state index >= 15 is 0 Å². The summed E-state index contributed by atoms with van der Waals surface area (Å²) in [4.78, 5) is 25.4. The minimum absolute atomic E-state index is 0.0444. The average molecular weight is 250 g/mol. The maximum Gasteiger partial charge on any atom is 0.277 e. The minimum atomic E-state index is -0.431. The third-order valence-electron chi connectivity index (χ3n) is 2.89. The van der Waals surface area contributed by atoms with E-state index < -0.39 is 4.92 Å². The molecule has 1 amide bonds. The SMILES string of the molecule is Cc1cnc(NCC2CCC(=O)N2)cc1[N+](=O)[O-]. The normalized spacial score (nSPS) is 18.5. The molecule has 96 valence electrons. The van der Waals surface area contributed by atoms with Crippen molar-refractivity contribution in [3.63, 3.8) is 0 Å². The molecule has 2 rings (SSSR count). The van der Waals surface area contributed by atoms with Gasteiger partial charge in [-0.3, -0.25) is 14.9 Å². The number of nitro groups is 1. The van der Waals surface area contributed by atoms with Crippen molar-refractivity contribution in [2.75, 3.05) is 11.9 Å². The maximum atomic E-state index is 11.0. The van der Waals surface area contributed by atoms with Gasteiger partial charge in [-0.2, -0.15) is 0 Å². The van der Waals surface area contributed by atoms with Crippen LogP contribution in [0.5, 0.6) is 0 Å². The van der Waals surface area contributed by atoms with Gasteiger partial charge >= 0.3 is 0 Å². The van der Waals surface area contributed by atoms with Crippen molar-refractivity contribution in [3.05, 3.63) is 27.9 Å². The molecule has 2 N–H and O–H groups in total. The molecule has 7 heteroatoms. The lowest BCUT2D eigenvalue weighted by molar-refractivity contribution is -0.385.